The topological polar surface area (TPSA) is 294 Å². The maximum Gasteiger partial charge on any atom is 0.275 e. The Kier molecular flexibility index (Phi) is 22.6. The fourth-order valence-corrected chi connectivity index (χ4v) is 5.26. The summed E-state index contributed by atoms with van der Waals surface area (Å²) in [5.41, 5.74) is 12.8. The number of aromatic nitrogens is 8. The minimum Gasteiger partial charge on any atom is -0.384 e. The van der Waals surface area contributed by atoms with Crippen LogP contribution < -0.4 is 27.4 Å². The summed E-state index contributed by atoms with van der Waals surface area (Å²) in [4.78, 5) is 99.7. The molecular formula is C50H40Cl3N13O6. The standard InChI is InChI=1S/C19H15N5O2.C12H8ClN3O2.C7H3Cl2NO2.C7H8N2.C5H6N2/c1-2-13-9-10-17(21-12-13)24-19(26)15-7-5-6-14(22-15)18(25)23-16-8-3-4-11-20-16;13-11(17)8-4-3-5-9(15-8)12(18)16-10-6-1-2-7-14-10;8-6(11)4-2-1-3-5(10-4)7(9)12;1-2-6-3-4-7(8)9-5-6;6-5-3-1-2-4-7-5/h2-12H,1H2,(H,20,23,25)(H,21,24,26);1-7H,(H,14,16,18);1-3H;2-5H,1H2,(H2,8,9);1-4H,(H2,6,7). The average molecular weight is 1030 g/mol. The third-order valence-corrected chi connectivity index (χ3v) is 8.94. The van der Waals surface area contributed by atoms with Crippen LogP contribution in [0.3, 0.4) is 0 Å². The van der Waals surface area contributed by atoms with Gasteiger partial charge < -0.3 is 27.4 Å². The van der Waals surface area contributed by atoms with E-state index < -0.39 is 33.4 Å². The molecule has 0 atom stereocenters. The minimum absolute atomic E-state index is 0.0168. The second-order valence-corrected chi connectivity index (χ2v) is 14.5. The van der Waals surface area contributed by atoms with E-state index >= 15 is 0 Å². The fourth-order valence-electron chi connectivity index (χ4n) is 4.94. The van der Waals surface area contributed by atoms with E-state index in [1.54, 1.807) is 110 Å². The molecule has 7 N–H and O–H groups in total. The van der Waals surface area contributed by atoms with Gasteiger partial charge in [-0.3, -0.25) is 28.8 Å². The number of nitrogens with two attached hydrogens (primary N) is 2. The van der Waals surface area contributed by atoms with E-state index in [2.05, 4.69) is 69.0 Å². The molecule has 0 saturated heterocycles. The van der Waals surface area contributed by atoms with Crippen molar-refractivity contribution >= 4 is 109 Å². The van der Waals surface area contributed by atoms with Gasteiger partial charge in [-0.15, -0.1) is 0 Å². The predicted molar refractivity (Wildman–Crippen MR) is 277 cm³/mol. The first-order valence-corrected chi connectivity index (χ1v) is 21.6. The van der Waals surface area contributed by atoms with E-state index in [1.807, 2.05) is 18.2 Å². The maximum atomic E-state index is 12.3. The first-order chi connectivity index (χ1) is 34.6. The summed E-state index contributed by atoms with van der Waals surface area (Å²) in [6.07, 6.45) is 11.4. The molecule has 8 rings (SSSR count). The third-order valence-electron chi connectivity index (χ3n) is 8.36. The van der Waals surface area contributed by atoms with Gasteiger partial charge in [0.1, 0.15) is 63.3 Å². The Morgan fingerprint density at radius 3 is 1.04 bits per heavy atom. The molecule has 8 heterocycles. The zero-order valence-electron chi connectivity index (χ0n) is 37.5. The molecule has 19 nitrogen and oxygen atoms in total. The lowest BCUT2D eigenvalue weighted by Crippen LogP contribution is -2.19. The summed E-state index contributed by atoms with van der Waals surface area (Å²) in [5.74, 6) is 0.943. The highest BCUT2D eigenvalue weighted by atomic mass is 35.5. The SMILES string of the molecule is C=Cc1ccc(N)nc1.C=Cc1ccc(NC(=O)c2cccc(C(=O)Nc3ccccn3)n2)nc1.Nc1ccccn1.O=C(Cl)c1cccc(C(=O)Cl)n1.O=C(Cl)c1cccc(C(=O)Nc2ccccn2)n1. The number of anilines is 5. The zero-order chi connectivity index (χ0) is 52.3. The smallest absolute Gasteiger partial charge is 0.275 e. The number of carbonyl (C=O) groups is 6. The second kappa shape index (κ2) is 29.5. The van der Waals surface area contributed by atoms with Gasteiger partial charge >= 0.3 is 0 Å². The van der Waals surface area contributed by atoms with Crippen LogP contribution in [0.4, 0.5) is 29.1 Å². The van der Waals surface area contributed by atoms with E-state index in [4.69, 9.17) is 46.3 Å². The monoisotopic (exact) mass is 1020 g/mol. The van der Waals surface area contributed by atoms with Gasteiger partial charge in [0.25, 0.3) is 33.4 Å². The van der Waals surface area contributed by atoms with E-state index in [-0.39, 0.29) is 34.2 Å². The van der Waals surface area contributed by atoms with Crippen molar-refractivity contribution in [3.63, 3.8) is 0 Å². The Morgan fingerprint density at radius 1 is 0.389 bits per heavy atom. The largest absolute Gasteiger partial charge is 0.384 e. The van der Waals surface area contributed by atoms with Crippen molar-refractivity contribution in [3.8, 4) is 0 Å². The Labute approximate surface area is 426 Å². The molecule has 0 radical (unpaired) electrons. The highest BCUT2D eigenvalue weighted by Gasteiger charge is 2.14. The summed E-state index contributed by atoms with van der Waals surface area (Å²) < 4.78 is 0. The van der Waals surface area contributed by atoms with Crippen LogP contribution >= 0.6 is 34.8 Å². The quantitative estimate of drug-likeness (QED) is 0.0755. The van der Waals surface area contributed by atoms with E-state index in [0.717, 1.165) is 11.1 Å². The van der Waals surface area contributed by atoms with Gasteiger partial charge in [-0.2, -0.15) is 0 Å². The number of nitrogens with one attached hydrogen (secondary N) is 3. The number of rotatable bonds is 11. The average Bonchev–Trinajstić information content (AvgIpc) is 3.40. The highest BCUT2D eigenvalue weighted by Crippen LogP contribution is 2.11. The molecule has 72 heavy (non-hydrogen) atoms. The van der Waals surface area contributed by atoms with Crippen LogP contribution in [0.1, 0.15) is 74.1 Å². The Hall–Kier alpha value is -9.43. The number of pyridine rings is 8. The van der Waals surface area contributed by atoms with Crippen molar-refractivity contribution in [1.29, 1.82) is 0 Å². The van der Waals surface area contributed by atoms with E-state index in [9.17, 15) is 28.8 Å². The number of nitrogen functional groups attached to an aromatic ring is 2. The Balaban J connectivity index is 0.000000212. The van der Waals surface area contributed by atoms with Crippen LogP contribution in [0.15, 0.2) is 178 Å². The molecule has 0 fully saturated rings. The molecule has 0 aromatic carbocycles. The lowest BCUT2D eigenvalue weighted by Gasteiger charge is -2.06. The molecule has 0 saturated carbocycles. The molecule has 362 valence electrons. The van der Waals surface area contributed by atoms with Crippen molar-refractivity contribution in [2.45, 2.75) is 0 Å². The number of hydrogen-bond acceptors (Lipinski definition) is 16. The van der Waals surface area contributed by atoms with Crippen molar-refractivity contribution in [2.24, 2.45) is 0 Å². The molecule has 0 spiro atoms. The van der Waals surface area contributed by atoms with Gasteiger partial charge in [0, 0.05) is 31.0 Å². The predicted octanol–water partition coefficient (Wildman–Crippen LogP) is 8.94. The second-order valence-electron chi connectivity index (χ2n) is 13.5. The van der Waals surface area contributed by atoms with Gasteiger partial charge in [0.15, 0.2) is 0 Å². The van der Waals surface area contributed by atoms with Crippen LogP contribution in [0, 0.1) is 0 Å². The molecule has 0 aliphatic carbocycles. The van der Waals surface area contributed by atoms with Crippen molar-refractivity contribution < 1.29 is 28.8 Å². The van der Waals surface area contributed by atoms with Crippen LogP contribution in [0.5, 0.6) is 0 Å². The van der Waals surface area contributed by atoms with Crippen LogP contribution in [-0.4, -0.2) is 73.3 Å². The number of halogens is 3. The summed E-state index contributed by atoms with van der Waals surface area (Å²) in [7, 11) is 0. The Morgan fingerprint density at radius 2 is 0.736 bits per heavy atom. The van der Waals surface area contributed by atoms with E-state index in [1.165, 1.54) is 48.5 Å². The first kappa shape index (κ1) is 55.2. The lowest BCUT2D eigenvalue weighted by atomic mass is 10.2. The maximum absolute atomic E-state index is 12.3. The molecule has 22 heteroatoms. The third kappa shape index (κ3) is 19.7. The first-order valence-electron chi connectivity index (χ1n) is 20.5. The minimum atomic E-state index is -0.713. The van der Waals surface area contributed by atoms with Crippen LogP contribution in [-0.2, 0) is 0 Å². The molecule has 8 aromatic rings. The molecular weight excluding hydrogens is 985 g/mol. The van der Waals surface area contributed by atoms with Crippen molar-refractivity contribution in [3.05, 3.63) is 223 Å². The lowest BCUT2D eigenvalue weighted by molar-refractivity contribution is 0.100. The molecule has 0 unspecified atom stereocenters. The van der Waals surface area contributed by atoms with Gasteiger partial charge in [-0.1, -0.05) is 61.7 Å². The van der Waals surface area contributed by atoms with Crippen molar-refractivity contribution in [2.75, 3.05) is 27.4 Å². The summed E-state index contributed by atoms with van der Waals surface area (Å²) in [6, 6.07) is 36.1. The highest BCUT2D eigenvalue weighted by molar-refractivity contribution is 6.68. The molecule has 8 aromatic heterocycles. The fraction of sp³-hybridized carbons (Fsp3) is 0. The van der Waals surface area contributed by atoms with Gasteiger partial charge in [0.05, 0.1) is 0 Å². The van der Waals surface area contributed by atoms with E-state index in [0.29, 0.717) is 29.1 Å². The molecule has 0 aliphatic heterocycles. The van der Waals surface area contributed by atoms with Crippen LogP contribution in [0.2, 0.25) is 0 Å². The summed E-state index contributed by atoms with van der Waals surface area (Å²) >= 11 is 15.5. The number of amides is 3. The normalized spacial score (nSPS) is 9.60. The number of carbonyl (C=O) groups excluding carboxylic acids is 6. The molecule has 0 bridgehead atoms. The van der Waals surface area contributed by atoms with Crippen molar-refractivity contribution in [1.82, 2.24) is 39.9 Å². The zero-order valence-corrected chi connectivity index (χ0v) is 39.7. The van der Waals surface area contributed by atoms with Gasteiger partial charge in [0.2, 0.25) is 0 Å². The number of hydrogen-bond donors (Lipinski definition) is 5. The Bertz CT molecular complexity index is 3080. The molecule has 3 amide bonds. The summed E-state index contributed by atoms with van der Waals surface area (Å²) in [6.45, 7) is 7.23. The van der Waals surface area contributed by atoms with Crippen LogP contribution in [0.25, 0.3) is 12.2 Å². The van der Waals surface area contributed by atoms with Gasteiger partial charge in [-0.25, -0.2) is 39.9 Å². The summed E-state index contributed by atoms with van der Waals surface area (Å²) in [5, 5.41) is 5.68. The number of nitrogens with zero attached hydrogens (tertiary/aromatic N) is 8. The van der Waals surface area contributed by atoms with Gasteiger partial charge in [-0.05, 0) is 143 Å². The molecule has 0 aliphatic rings.